The molecule has 226 valence electrons. The van der Waals surface area contributed by atoms with Crippen molar-refractivity contribution >= 4 is 12.1 Å². The third-order valence-corrected chi connectivity index (χ3v) is 6.28. The van der Waals surface area contributed by atoms with Gasteiger partial charge in [0, 0.05) is 26.2 Å². The maximum Gasteiger partial charge on any atom is 0.415 e. The van der Waals surface area contributed by atoms with Crippen molar-refractivity contribution in [2.24, 2.45) is 0 Å². The lowest BCUT2D eigenvalue weighted by atomic mass is 10.1. The summed E-state index contributed by atoms with van der Waals surface area (Å²) >= 11 is 0. The minimum Gasteiger partial charge on any atom is -0.492 e. The zero-order chi connectivity index (χ0) is 30.0. The monoisotopic (exact) mass is 579 g/mol. The second-order valence-electron chi connectivity index (χ2n) is 9.54. The van der Waals surface area contributed by atoms with Crippen LogP contribution in [-0.4, -0.2) is 67.7 Å². The van der Waals surface area contributed by atoms with Gasteiger partial charge in [0.1, 0.15) is 29.6 Å². The Morgan fingerprint density at radius 1 is 0.762 bits per heavy atom. The number of aliphatic carboxylic acids is 1. The number of hydrogen-bond acceptors (Lipinski definition) is 7. The fraction of sp³-hybridized carbons (Fsp3) is 0.394. The van der Waals surface area contributed by atoms with Gasteiger partial charge in [-0.3, -0.25) is 0 Å². The lowest BCUT2D eigenvalue weighted by Gasteiger charge is -2.22. The fourth-order valence-corrected chi connectivity index (χ4v) is 4.02. The van der Waals surface area contributed by atoms with Crippen molar-refractivity contribution in [2.75, 3.05) is 39.5 Å². The molecule has 0 fully saturated rings. The van der Waals surface area contributed by atoms with Crippen LogP contribution in [-0.2, 0) is 20.7 Å². The molecular formula is C33H41NO8. The predicted octanol–water partition coefficient (Wildman–Crippen LogP) is 6.60. The second-order valence-corrected chi connectivity index (χ2v) is 9.54. The van der Waals surface area contributed by atoms with E-state index in [9.17, 15) is 14.7 Å². The Morgan fingerprint density at radius 2 is 1.40 bits per heavy atom. The first-order valence-corrected chi connectivity index (χ1v) is 14.4. The summed E-state index contributed by atoms with van der Waals surface area (Å²) in [6.45, 7) is 6.16. The molecule has 1 unspecified atom stereocenters. The van der Waals surface area contributed by atoms with Gasteiger partial charge in [-0.25, -0.2) is 9.59 Å². The van der Waals surface area contributed by atoms with Crippen LogP contribution in [0.1, 0.15) is 38.7 Å². The average Bonchev–Trinajstić information content (AvgIpc) is 3.00. The Kier molecular flexibility index (Phi) is 14.2. The third-order valence-electron chi connectivity index (χ3n) is 6.28. The number of hydrogen-bond donors (Lipinski definition) is 1. The number of amides is 1. The molecule has 9 nitrogen and oxygen atoms in total. The van der Waals surface area contributed by atoms with Crippen LogP contribution in [0.25, 0.3) is 0 Å². The van der Waals surface area contributed by atoms with Crippen molar-refractivity contribution in [3.8, 4) is 23.0 Å². The second kappa shape index (κ2) is 18.4. The highest BCUT2D eigenvalue weighted by Gasteiger charge is 2.19. The number of ether oxygens (including phenoxy) is 5. The molecule has 0 saturated heterocycles. The van der Waals surface area contributed by atoms with Crippen LogP contribution in [0.5, 0.6) is 23.0 Å². The summed E-state index contributed by atoms with van der Waals surface area (Å²) in [6.07, 6.45) is 2.07. The van der Waals surface area contributed by atoms with E-state index in [2.05, 4.69) is 6.92 Å². The van der Waals surface area contributed by atoms with Crippen LogP contribution in [0.3, 0.4) is 0 Å². The molecule has 0 bridgehead atoms. The molecule has 0 radical (unpaired) electrons. The predicted molar refractivity (Wildman–Crippen MR) is 160 cm³/mol. The summed E-state index contributed by atoms with van der Waals surface area (Å²) in [5.74, 6) is 1.37. The molecule has 0 heterocycles. The standard InChI is InChI=1S/C33H41NO8/c1-3-5-9-22-38-23-20-34(21-24-40-27-14-12-26(13-15-27)25-31(32(35)36)39-4-2)33(37)42-30-18-16-29(17-19-30)41-28-10-7-6-8-11-28/h6-8,10-19,31H,3-5,9,20-25H2,1-2H3,(H,35,36). The van der Waals surface area contributed by atoms with Gasteiger partial charge in [0.05, 0.1) is 13.2 Å². The minimum absolute atomic E-state index is 0.241. The van der Waals surface area contributed by atoms with E-state index in [1.165, 1.54) is 0 Å². The van der Waals surface area contributed by atoms with Crippen LogP contribution < -0.4 is 14.2 Å². The number of carboxylic acids is 1. The van der Waals surface area contributed by atoms with Gasteiger partial charge in [0.15, 0.2) is 6.10 Å². The molecule has 0 aromatic heterocycles. The van der Waals surface area contributed by atoms with Gasteiger partial charge >= 0.3 is 12.1 Å². The third kappa shape index (κ3) is 11.8. The highest BCUT2D eigenvalue weighted by Crippen LogP contribution is 2.24. The molecule has 1 N–H and O–H groups in total. The van der Waals surface area contributed by atoms with E-state index < -0.39 is 18.2 Å². The van der Waals surface area contributed by atoms with Crippen LogP contribution in [0, 0.1) is 0 Å². The first kappa shape index (κ1) is 32.4. The lowest BCUT2D eigenvalue weighted by molar-refractivity contribution is -0.149. The Hall–Kier alpha value is -4.08. The van der Waals surface area contributed by atoms with E-state index in [0.29, 0.717) is 50.2 Å². The highest BCUT2D eigenvalue weighted by molar-refractivity contribution is 5.72. The van der Waals surface area contributed by atoms with Gasteiger partial charge in [-0.15, -0.1) is 0 Å². The van der Waals surface area contributed by atoms with Crippen LogP contribution in [0.2, 0.25) is 0 Å². The summed E-state index contributed by atoms with van der Waals surface area (Å²) in [4.78, 5) is 26.0. The summed E-state index contributed by atoms with van der Waals surface area (Å²) in [5, 5.41) is 9.30. The van der Waals surface area contributed by atoms with Crippen LogP contribution in [0.15, 0.2) is 78.9 Å². The Morgan fingerprint density at radius 3 is 2.07 bits per heavy atom. The number of unbranched alkanes of at least 4 members (excludes halogenated alkanes) is 2. The number of carbonyl (C=O) groups excluding carboxylic acids is 1. The SMILES string of the molecule is CCCCCOCCN(CCOc1ccc(CC(OCC)C(=O)O)cc1)C(=O)Oc1ccc(Oc2ccccc2)cc1. The maximum atomic E-state index is 13.1. The zero-order valence-corrected chi connectivity index (χ0v) is 24.4. The van der Waals surface area contributed by atoms with E-state index in [1.54, 1.807) is 48.2 Å². The van der Waals surface area contributed by atoms with Gasteiger partial charge in [0.25, 0.3) is 0 Å². The van der Waals surface area contributed by atoms with Crippen LogP contribution >= 0.6 is 0 Å². The average molecular weight is 580 g/mol. The minimum atomic E-state index is -0.991. The molecule has 0 aliphatic heterocycles. The number of carbonyl (C=O) groups is 2. The summed E-state index contributed by atoms with van der Waals surface area (Å²) in [6, 6.07) is 23.5. The highest BCUT2D eigenvalue weighted by atomic mass is 16.6. The van der Waals surface area contributed by atoms with E-state index in [-0.39, 0.29) is 13.0 Å². The maximum absolute atomic E-state index is 13.1. The van der Waals surface area contributed by atoms with E-state index in [0.717, 1.165) is 30.6 Å². The molecular weight excluding hydrogens is 538 g/mol. The first-order chi connectivity index (χ1) is 20.5. The van der Waals surface area contributed by atoms with E-state index >= 15 is 0 Å². The van der Waals surface area contributed by atoms with Gasteiger partial charge in [-0.05, 0) is 67.4 Å². The zero-order valence-electron chi connectivity index (χ0n) is 24.4. The van der Waals surface area contributed by atoms with Crippen molar-refractivity contribution in [3.63, 3.8) is 0 Å². The smallest absolute Gasteiger partial charge is 0.415 e. The van der Waals surface area contributed by atoms with Crippen molar-refractivity contribution < 1.29 is 38.4 Å². The molecule has 0 spiro atoms. The molecule has 1 amide bonds. The number of carboxylic acid groups (broad SMARTS) is 1. The number of nitrogens with zero attached hydrogens (tertiary/aromatic N) is 1. The fourth-order valence-electron chi connectivity index (χ4n) is 4.02. The van der Waals surface area contributed by atoms with Crippen molar-refractivity contribution in [3.05, 3.63) is 84.4 Å². The first-order valence-electron chi connectivity index (χ1n) is 14.4. The van der Waals surface area contributed by atoms with Crippen molar-refractivity contribution in [2.45, 2.75) is 45.6 Å². The van der Waals surface area contributed by atoms with E-state index in [1.807, 2.05) is 42.5 Å². The molecule has 0 aliphatic carbocycles. The molecule has 9 heteroatoms. The van der Waals surface area contributed by atoms with Gasteiger partial charge in [-0.2, -0.15) is 0 Å². The Bertz CT molecular complexity index is 1180. The largest absolute Gasteiger partial charge is 0.492 e. The molecule has 1 atom stereocenters. The molecule has 42 heavy (non-hydrogen) atoms. The van der Waals surface area contributed by atoms with Gasteiger partial charge < -0.3 is 33.7 Å². The van der Waals surface area contributed by atoms with Gasteiger partial charge in [0.2, 0.25) is 0 Å². The summed E-state index contributed by atoms with van der Waals surface area (Å²) in [5.41, 5.74) is 0.828. The lowest BCUT2D eigenvalue weighted by Crippen LogP contribution is -2.39. The number of para-hydroxylation sites is 1. The molecule has 3 aromatic rings. The van der Waals surface area contributed by atoms with Crippen molar-refractivity contribution in [1.82, 2.24) is 4.90 Å². The Labute approximate surface area is 247 Å². The quantitative estimate of drug-likeness (QED) is 0.159. The topological polar surface area (TPSA) is 104 Å². The van der Waals surface area contributed by atoms with Crippen LogP contribution in [0.4, 0.5) is 4.79 Å². The number of rotatable bonds is 19. The molecule has 3 rings (SSSR count). The van der Waals surface area contributed by atoms with E-state index in [4.69, 9.17) is 23.7 Å². The summed E-state index contributed by atoms with van der Waals surface area (Å²) in [7, 11) is 0. The van der Waals surface area contributed by atoms with Crippen molar-refractivity contribution in [1.29, 1.82) is 0 Å². The molecule has 0 saturated carbocycles. The normalized spacial score (nSPS) is 11.5. The Balaban J connectivity index is 1.53. The molecule has 3 aromatic carbocycles. The summed E-state index contributed by atoms with van der Waals surface area (Å²) < 4.78 is 28.3. The molecule has 0 aliphatic rings. The number of benzene rings is 3. The van der Waals surface area contributed by atoms with Gasteiger partial charge in [-0.1, -0.05) is 50.1 Å².